The Morgan fingerprint density at radius 3 is 2.62 bits per heavy atom. The minimum Gasteiger partial charge on any atom is -0.495 e. The van der Waals surface area contributed by atoms with Gasteiger partial charge in [0, 0.05) is 18.7 Å². The highest BCUT2D eigenvalue weighted by atomic mass is 16.5. The first-order valence-electron chi connectivity index (χ1n) is 9.35. The van der Waals surface area contributed by atoms with Gasteiger partial charge in [0.2, 0.25) is 5.91 Å². The highest BCUT2D eigenvalue weighted by Gasteiger charge is 2.37. The smallest absolute Gasteiger partial charge is 0.311 e. The molecule has 0 spiro atoms. The molecule has 1 fully saturated rings. The molecule has 2 aromatic carbocycles. The lowest BCUT2D eigenvalue weighted by Gasteiger charge is -2.20. The first kappa shape index (κ1) is 20.4. The van der Waals surface area contributed by atoms with Gasteiger partial charge in [-0.3, -0.25) is 14.4 Å². The molecule has 1 aliphatic heterocycles. The maximum atomic E-state index is 12.5. The molecule has 2 amide bonds. The summed E-state index contributed by atoms with van der Waals surface area (Å²) in [5.41, 5.74) is 3.26. The van der Waals surface area contributed by atoms with Gasteiger partial charge in [-0.05, 0) is 49.2 Å². The number of carbonyl (C=O) groups is 3. The summed E-state index contributed by atoms with van der Waals surface area (Å²) in [5.74, 6) is -1.23. The van der Waals surface area contributed by atoms with Crippen LogP contribution in [0, 0.1) is 19.8 Å². The topological polar surface area (TPSA) is 84.9 Å². The van der Waals surface area contributed by atoms with Crippen LogP contribution in [-0.2, 0) is 19.1 Å². The van der Waals surface area contributed by atoms with Crippen molar-refractivity contribution in [1.82, 2.24) is 0 Å². The number of benzene rings is 2. The maximum absolute atomic E-state index is 12.5. The molecule has 1 aliphatic rings. The monoisotopic (exact) mass is 396 g/mol. The fourth-order valence-corrected chi connectivity index (χ4v) is 3.28. The number of rotatable bonds is 6. The Morgan fingerprint density at radius 1 is 1.14 bits per heavy atom. The van der Waals surface area contributed by atoms with E-state index in [0.717, 1.165) is 11.1 Å². The van der Waals surface area contributed by atoms with Gasteiger partial charge in [0.15, 0.2) is 6.61 Å². The lowest BCUT2D eigenvalue weighted by Crippen LogP contribution is -2.28. The zero-order chi connectivity index (χ0) is 21.0. The Balaban J connectivity index is 1.58. The number of esters is 1. The van der Waals surface area contributed by atoms with Gasteiger partial charge in [0.25, 0.3) is 5.91 Å². The van der Waals surface area contributed by atoms with Crippen molar-refractivity contribution in [3.63, 3.8) is 0 Å². The SMILES string of the molecule is COc1ccc(C)cc1N1C[C@H](C(=O)OCC(=O)Nc2cccc(C)c2)CC1=O. The molecule has 7 heteroatoms. The van der Waals surface area contributed by atoms with Crippen LogP contribution in [0.4, 0.5) is 11.4 Å². The molecule has 7 nitrogen and oxygen atoms in total. The molecule has 0 radical (unpaired) electrons. The average molecular weight is 396 g/mol. The fraction of sp³-hybridized carbons (Fsp3) is 0.318. The second-order valence-corrected chi connectivity index (χ2v) is 7.11. The highest BCUT2D eigenvalue weighted by molar-refractivity contribution is 6.01. The molecular formula is C22H24N2O5. The number of nitrogens with zero attached hydrogens (tertiary/aromatic N) is 1. The predicted octanol–water partition coefficient (Wildman–Crippen LogP) is 2.85. The molecule has 1 saturated heterocycles. The minimum absolute atomic E-state index is 0.0371. The van der Waals surface area contributed by atoms with E-state index in [4.69, 9.17) is 9.47 Å². The largest absolute Gasteiger partial charge is 0.495 e. The van der Waals surface area contributed by atoms with Gasteiger partial charge in [0.05, 0.1) is 18.7 Å². The lowest BCUT2D eigenvalue weighted by molar-refractivity contribution is -0.151. The fourth-order valence-electron chi connectivity index (χ4n) is 3.28. The van der Waals surface area contributed by atoms with Crippen LogP contribution in [0.3, 0.4) is 0 Å². The second-order valence-electron chi connectivity index (χ2n) is 7.11. The van der Waals surface area contributed by atoms with Crippen LogP contribution in [0.2, 0.25) is 0 Å². The molecule has 0 unspecified atom stereocenters. The summed E-state index contributed by atoms with van der Waals surface area (Å²) in [6.07, 6.45) is 0.0371. The molecule has 3 rings (SSSR count). The van der Waals surface area contributed by atoms with E-state index in [2.05, 4.69) is 5.32 Å². The number of aryl methyl sites for hydroxylation is 2. The summed E-state index contributed by atoms with van der Waals surface area (Å²) in [5, 5.41) is 2.68. The van der Waals surface area contributed by atoms with Crippen molar-refractivity contribution in [2.75, 3.05) is 30.5 Å². The maximum Gasteiger partial charge on any atom is 0.311 e. The molecule has 0 saturated carbocycles. The first-order chi connectivity index (χ1) is 13.9. The Bertz CT molecular complexity index is 941. The zero-order valence-corrected chi connectivity index (χ0v) is 16.7. The van der Waals surface area contributed by atoms with Crippen molar-refractivity contribution in [1.29, 1.82) is 0 Å². The summed E-state index contributed by atoms with van der Waals surface area (Å²) < 4.78 is 10.5. The van der Waals surface area contributed by atoms with E-state index < -0.39 is 24.4 Å². The normalized spacial score (nSPS) is 15.9. The van der Waals surface area contributed by atoms with Crippen molar-refractivity contribution in [2.24, 2.45) is 5.92 Å². The van der Waals surface area contributed by atoms with E-state index in [1.165, 1.54) is 12.0 Å². The van der Waals surface area contributed by atoms with Gasteiger partial charge in [0.1, 0.15) is 5.75 Å². The number of hydrogen-bond acceptors (Lipinski definition) is 5. The van der Waals surface area contributed by atoms with Crippen molar-refractivity contribution >= 4 is 29.2 Å². The number of ether oxygens (including phenoxy) is 2. The van der Waals surface area contributed by atoms with Crippen LogP contribution in [0.15, 0.2) is 42.5 Å². The van der Waals surface area contributed by atoms with E-state index in [1.54, 1.807) is 12.1 Å². The standard InChI is InChI=1S/C22H24N2O5/c1-14-5-4-6-17(9-14)23-20(25)13-29-22(27)16-11-21(26)24(12-16)18-10-15(2)7-8-19(18)28-3/h4-10,16H,11-13H2,1-3H3,(H,23,25)/t16-/m1/s1. The first-order valence-corrected chi connectivity index (χ1v) is 9.35. The third-order valence-corrected chi connectivity index (χ3v) is 4.73. The van der Waals surface area contributed by atoms with Crippen molar-refractivity contribution in [2.45, 2.75) is 20.3 Å². The van der Waals surface area contributed by atoms with E-state index in [-0.39, 0.29) is 18.9 Å². The van der Waals surface area contributed by atoms with Crippen molar-refractivity contribution in [3.05, 3.63) is 53.6 Å². The molecule has 1 N–H and O–H groups in total. The number of anilines is 2. The molecule has 152 valence electrons. The van der Waals surface area contributed by atoms with Gasteiger partial charge >= 0.3 is 5.97 Å². The Morgan fingerprint density at radius 2 is 1.90 bits per heavy atom. The van der Waals surface area contributed by atoms with Crippen LogP contribution in [0.1, 0.15) is 17.5 Å². The molecular weight excluding hydrogens is 372 g/mol. The van der Waals surface area contributed by atoms with Crippen LogP contribution in [0.5, 0.6) is 5.75 Å². The van der Waals surface area contributed by atoms with Gasteiger partial charge in [-0.15, -0.1) is 0 Å². The molecule has 1 heterocycles. The summed E-state index contributed by atoms with van der Waals surface area (Å²) in [6, 6.07) is 12.9. The van der Waals surface area contributed by atoms with E-state index >= 15 is 0 Å². The number of methoxy groups -OCH3 is 1. The zero-order valence-electron chi connectivity index (χ0n) is 16.7. The van der Waals surface area contributed by atoms with Gasteiger partial charge in [-0.25, -0.2) is 0 Å². The quantitative estimate of drug-likeness (QED) is 0.759. The Labute approximate surface area is 169 Å². The van der Waals surface area contributed by atoms with Crippen LogP contribution in [-0.4, -0.2) is 38.0 Å². The van der Waals surface area contributed by atoms with E-state index in [1.807, 2.05) is 44.2 Å². The third-order valence-electron chi connectivity index (χ3n) is 4.73. The molecule has 0 aliphatic carbocycles. The van der Waals surface area contributed by atoms with E-state index in [9.17, 15) is 14.4 Å². The number of hydrogen-bond donors (Lipinski definition) is 1. The van der Waals surface area contributed by atoms with Crippen molar-refractivity contribution < 1.29 is 23.9 Å². The molecule has 29 heavy (non-hydrogen) atoms. The summed E-state index contributed by atoms with van der Waals surface area (Å²) in [7, 11) is 1.54. The summed E-state index contributed by atoms with van der Waals surface area (Å²) >= 11 is 0. The second kappa shape index (κ2) is 8.77. The van der Waals surface area contributed by atoms with Crippen LogP contribution < -0.4 is 15.0 Å². The lowest BCUT2D eigenvalue weighted by atomic mass is 10.1. The summed E-state index contributed by atoms with van der Waals surface area (Å²) in [4.78, 5) is 38.4. The average Bonchev–Trinajstić information content (AvgIpc) is 3.07. The molecule has 2 aromatic rings. The Kier molecular flexibility index (Phi) is 6.16. The Hall–Kier alpha value is -3.35. The molecule has 1 atom stereocenters. The van der Waals surface area contributed by atoms with Crippen LogP contribution >= 0.6 is 0 Å². The molecule has 0 bridgehead atoms. The number of carbonyl (C=O) groups excluding carboxylic acids is 3. The number of nitrogens with one attached hydrogen (secondary N) is 1. The van der Waals surface area contributed by atoms with Gasteiger partial charge in [-0.2, -0.15) is 0 Å². The van der Waals surface area contributed by atoms with Crippen LogP contribution in [0.25, 0.3) is 0 Å². The predicted molar refractivity (Wildman–Crippen MR) is 109 cm³/mol. The minimum atomic E-state index is -0.625. The van der Waals surface area contributed by atoms with E-state index in [0.29, 0.717) is 17.1 Å². The third kappa shape index (κ3) is 4.93. The van der Waals surface area contributed by atoms with Gasteiger partial charge in [-0.1, -0.05) is 18.2 Å². The number of amides is 2. The van der Waals surface area contributed by atoms with Crippen molar-refractivity contribution in [3.8, 4) is 5.75 Å². The molecule has 0 aromatic heterocycles. The summed E-state index contributed by atoms with van der Waals surface area (Å²) in [6.45, 7) is 3.63. The highest BCUT2D eigenvalue weighted by Crippen LogP contribution is 2.34. The van der Waals surface area contributed by atoms with Gasteiger partial charge < -0.3 is 19.7 Å².